The second-order valence-corrected chi connectivity index (χ2v) is 13.5. The second-order valence-electron chi connectivity index (χ2n) is 11.4. The number of fused-ring (bicyclic) bond motifs is 5. The average Bonchev–Trinajstić information content (AvgIpc) is 3.17. The molecule has 0 bridgehead atoms. The van der Waals surface area contributed by atoms with Crippen LogP contribution in [0.1, 0.15) is 58.8 Å². The van der Waals surface area contributed by atoms with Crippen molar-refractivity contribution in [2.24, 2.45) is 34.5 Å². The zero-order valence-corrected chi connectivity index (χ0v) is 20.6. The maximum Gasteiger partial charge on any atom is -0.00337 e. The van der Waals surface area contributed by atoms with Crippen molar-refractivity contribution in [3.63, 3.8) is 0 Å². The van der Waals surface area contributed by atoms with Gasteiger partial charge in [0.15, 0.2) is 0 Å². The van der Waals surface area contributed by atoms with E-state index in [9.17, 15) is 0 Å². The smallest absolute Gasteiger partial charge is 0.00337 e. The molecule has 6 atom stereocenters. The van der Waals surface area contributed by atoms with Crippen molar-refractivity contribution in [1.29, 1.82) is 0 Å². The van der Waals surface area contributed by atoms with Gasteiger partial charge in [0.25, 0.3) is 0 Å². The normalized spacial score (nSPS) is 38.0. The molecular formula is C31H37P. The zero-order chi connectivity index (χ0) is 21.8. The number of rotatable bonds is 3. The standard InChI is InChI=1S/C31H37P/c1-30-21-10-9-11-23(30)16-17-26-27-18-19-29(31(27,2)22-20-28(26)30)32(24-12-5-3-6-13-24)25-14-7-4-8-15-25/h3-10,12-15,19,23,26-28H,11,16-18,20-22H2,1-2H3/t23?,26-,27-,28-,30-,31-/m0/s1. The van der Waals surface area contributed by atoms with E-state index < -0.39 is 7.92 Å². The fourth-order valence-electron chi connectivity index (χ4n) is 8.31. The van der Waals surface area contributed by atoms with Crippen LogP contribution >= 0.6 is 7.92 Å². The maximum absolute atomic E-state index is 2.72. The third kappa shape index (κ3) is 3.13. The summed E-state index contributed by atoms with van der Waals surface area (Å²) < 4.78 is 0. The molecule has 0 aliphatic heterocycles. The Morgan fingerprint density at radius 2 is 1.44 bits per heavy atom. The molecule has 1 heteroatoms. The maximum atomic E-state index is 2.72. The Morgan fingerprint density at radius 3 is 2.12 bits per heavy atom. The molecule has 2 aromatic rings. The van der Waals surface area contributed by atoms with Crippen LogP contribution in [-0.2, 0) is 0 Å². The summed E-state index contributed by atoms with van der Waals surface area (Å²) in [5.74, 6) is 3.62. The van der Waals surface area contributed by atoms with Crippen LogP contribution in [0, 0.1) is 34.5 Å². The molecule has 2 aromatic carbocycles. The van der Waals surface area contributed by atoms with Crippen molar-refractivity contribution < 1.29 is 0 Å². The molecule has 6 rings (SSSR count). The third-order valence-electron chi connectivity index (χ3n) is 10.0. The molecule has 0 radical (unpaired) electrons. The highest BCUT2D eigenvalue weighted by Crippen LogP contribution is 2.69. The predicted octanol–water partition coefficient (Wildman–Crippen LogP) is 7.82. The highest BCUT2D eigenvalue weighted by molar-refractivity contribution is 7.76. The van der Waals surface area contributed by atoms with Crippen molar-refractivity contribution >= 4 is 18.5 Å². The summed E-state index contributed by atoms with van der Waals surface area (Å²) in [5, 5.41) is 4.83. The monoisotopic (exact) mass is 440 g/mol. The Hall–Kier alpha value is -1.65. The quantitative estimate of drug-likeness (QED) is 0.337. The van der Waals surface area contributed by atoms with E-state index in [-0.39, 0.29) is 0 Å². The average molecular weight is 441 g/mol. The summed E-state index contributed by atoms with van der Waals surface area (Å²) >= 11 is 0. The molecule has 0 heterocycles. The van der Waals surface area contributed by atoms with Gasteiger partial charge in [-0.1, -0.05) is 92.7 Å². The summed E-state index contributed by atoms with van der Waals surface area (Å²) in [4.78, 5) is 0. The van der Waals surface area contributed by atoms with Crippen LogP contribution in [0.4, 0.5) is 0 Å². The van der Waals surface area contributed by atoms with Crippen LogP contribution in [0.2, 0.25) is 0 Å². The molecule has 0 aromatic heterocycles. The van der Waals surface area contributed by atoms with Crippen LogP contribution in [0.5, 0.6) is 0 Å². The number of hydrogen-bond donors (Lipinski definition) is 0. The van der Waals surface area contributed by atoms with Gasteiger partial charge in [0.1, 0.15) is 0 Å². The van der Waals surface area contributed by atoms with Crippen LogP contribution in [0.25, 0.3) is 0 Å². The van der Waals surface area contributed by atoms with Crippen molar-refractivity contribution in [2.45, 2.75) is 58.8 Å². The first-order valence-electron chi connectivity index (χ1n) is 12.9. The second kappa shape index (κ2) is 7.99. The summed E-state index contributed by atoms with van der Waals surface area (Å²) in [6, 6.07) is 22.8. The highest BCUT2D eigenvalue weighted by Gasteiger charge is 2.58. The minimum Gasteiger partial charge on any atom is -0.0882 e. The lowest BCUT2D eigenvalue weighted by molar-refractivity contribution is -0.0809. The van der Waals surface area contributed by atoms with Crippen LogP contribution in [0.15, 0.2) is 84.2 Å². The third-order valence-corrected chi connectivity index (χ3v) is 12.8. The van der Waals surface area contributed by atoms with E-state index in [1.54, 1.807) is 5.31 Å². The molecule has 0 N–H and O–H groups in total. The summed E-state index contributed by atoms with van der Waals surface area (Å²) in [5.41, 5.74) is 0.914. The van der Waals surface area contributed by atoms with E-state index in [1.165, 1.54) is 55.6 Å². The van der Waals surface area contributed by atoms with Gasteiger partial charge in [-0.2, -0.15) is 0 Å². The molecular weight excluding hydrogens is 403 g/mol. The molecule has 2 fully saturated rings. The van der Waals surface area contributed by atoms with Gasteiger partial charge >= 0.3 is 0 Å². The zero-order valence-electron chi connectivity index (χ0n) is 19.7. The van der Waals surface area contributed by atoms with Gasteiger partial charge in [-0.15, -0.1) is 0 Å². The van der Waals surface area contributed by atoms with Gasteiger partial charge in [-0.25, -0.2) is 0 Å². The predicted molar refractivity (Wildman–Crippen MR) is 139 cm³/mol. The van der Waals surface area contributed by atoms with Gasteiger partial charge in [-0.3, -0.25) is 0 Å². The van der Waals surface area contributed by atoms with E-state index in [2.05, 4.69) is 92.7 Å². The van der Waals surface area contributed by atoms with Crippen molar-refractivity contribution in [2.75, 3.05) is 0 Å². The lowest BCUT2D eigenvalue weighted by Crippen LogP contribution is -2.51. The minimum absolute atomic E-state index is 0.367. The molecule has 4 aliphatic carbocycles. The van der Waals surface area contributed by atoms with Crippen molar-refractivity contribution in [3.05, 3.63) is 84.2 Å². The van der Waals surface area contributed by atoms with Crippen molar-refractivity contribution in [3.8, 4) is 0 Å². The fraction of sp³-hybridized carbons (Fsp3) is 0.484. The largest absolute Gasteiger partial charge is 0.0882 e. The van der Waals surface area contributed by atoms with E-state index in [0.717, 1.165) is 23.7 Å². The van der Waals surface area contributed by atoms with E-state index in [4.69, 9.17) is 0 Å². The van der Waals surface area contributed by atoms with Crippen LogP contribution < -0.4 is 10.6 Å². The Balaban J connectivity index is 1.37. The number of allylic oxidation sites excluding steroid dienone is 4. The molecule has 4 aliphatic rings. The molecule has 2 saturated carbocycles. The Morgan fingerprint density at radius 1 is 0.750 bits per heavy atom. The first kappa shape index (κ1) is 20.9. The molecule has 0 saturated heterocycles. The van der Waals surface area contributed by atoms with Gasteiger partial charge in [-0.05, 0) is 103 Å². The molecule has 1 unspecified atom stereocenters. The summed E-state index contributed by atoms with van der Waals surface area (Å²) in [6.45, 7) is 5.31. The first-order chi connectivity index (χ1) is 15.6. The molecule has 0 spiro atoms. The van der Waals surface area contributed by atoms with Gasteiger partial charge in [0.05, 0.1) is 0 Å². The lowest BCUT2D eigenvalue weighted by Gasteiger charge is -2.59. The Kier molecular flexibility index (Phi) is 5.22. The molecule has 32 heavy (non-hydrogen) atoms. The summed E-state index contributed by atoms with van der Waals surface area (Å²) in [7, 11) is -0.447. The van der Waals surface area contributed by atoms with Crippen molar-refractivity contribution in [1.82, 2.24) is 0 Å². The van der Waals surface area contributed by atoms with Gasteiger partial charge in [0.2, 0.25) is 0 Å². The molecule has 0 amide bonds. The van der Waals surface area contributed by atoms with Crippen LogP contribution in [0.3, 0.4) is 0 Å². The highest BCUT2D eigenvalue weighted by atomic mass is 31.1. The molecule has 166 valence electrons. The van der Waals surface area contributed by atoms with E-state index >= 15 is 0 Å². The lowest BCUT2D eigenvalue weighted by atomic mass is 9.46. The van der Waals surface area contributed by atoms with Crippen LogP contribution in [-0.4, -0.2) is 0 Å². The molecule has 0 nitrogen and oxygen atoms in total. The van der Waals surface area contributed by atoms with Gasteiger partial charge in [0, 0.05) is 0 Å². The fourth-order valence-corrected chi connectivity index (χ4v) is 11.2. The van der Waals surface area contributed by atoms with E-state index in [1.807, 2.05) is 0 Å². The Bertz CT molecular complexity index is 981. The topological polar surface area (TPSA) is 0 Å². The summed E-state index contributed by atoms with van der Waals surface area (Å²) in [6.07, 6.45) is 17.4. The SMILES string of the molecule is C[C@]12CC=CCC1CC[C@@H]1[C@@H]2CC[C@]2(C)C(P(c3ccccc3)c3ccccc3)=CC[C@@H]12. The van der Waals surface area contributed by atoms with Gasteiger partial charge < -0.3 is 0 Å². The first-order valence-corrected chi connectivity index (χ1v) is 14.2. The number of benzene rings is 2. The Labute approximate surface area is 196 Å². The van der Waals surface area contributed by atoms with E-state index in [0.29, 0.717) is 10.8 Å². The minimum atomic E-state index is -0.447. The number of hydrogen-bond acceptors (Lipinski definition) is 0.